The van der Waals surface area contributed by atoms with Gasteiger partial charge >= 0.3 is 29.8 Å². The SMILES string of the molecule is COC(=O)c1cc(NC(=O)CN2C(=O)C(=O)N(C3CCCC3)C2=O)cc(C(=O)OC)c1. The molecule has 31 heavy (non-hydrogen) atoms. The van der Waals surface area contributed by atoms with Crippen LogP contribution in [0, 0.1) is 0 Å². The highest BCUT2D eigenvalue weighted by atomic mass is 16.5. The molecule has 0 aromatic heterocycles. The molecule has 2 aliphatic rings. The maximum Gasteiger partial charge on any atom is 0.337 e. The summed E-state index contributed by atoms with van der Waals surface area (Å²) in [7, 11) is 2.31. The lowest BCUT2D eigenvalue weighted by Gasteiger charge is -2.20. The van der Waals surface area contributed by atoms with E-state index >= 15 is 0 Å². The van der Waals surface area contributed by atoms with Crippen molar-refractivity contribution in [2.24, 2.45) is 0 Å². The molecule has 0 atom stereocenters. The molecule has 2 fully saturated rings. The van der Waals surface area contributed by atoms with Crippen LogP contribution < -0.4 is 5.32 Å². The minimum Gasteiger partial charge on any atom is -0.465 e. The highest BCUT2D eigenvalue weighted by molar-refractivity contribution is 6.45. The summed E-state index contributed by atoms with van der Waals surface area (Å²) in [5, 5.41) is 2.42. The number of imide groups is 2. The summed E-state index contributed by atoms with van der Waals surface area (Å²) >= 11 is 0. The van der Waals surface area contributed by atoms with E-state index in [0.717, 1.165) is 32.0 Å². The molecule has 1 aliphatic heterocycles. The van der Waals surface area contributed by atoms with Crippen LogP contribution in [0.15, 0.2) is 18.2 Å². The van der Waals surface area contributed by atoms with E-state index in [0.29, 0.717) is 17.7 Å². The maximum atomic E-state index is 12.6. The number of nitrogens with zero attached hydrogens (tertiary/aromatic N) is 2. The van der Waals surface area contributed by atoms with Crippen molar-refractivity contribution >= 4 is 41.4 Å². The monoisotopic (exact) mass is 431 g/mol. The molecule has 0 radical (unpaired) electrons. The predicted octanol–water partition coefficient (Wildman–Crippen LogP) is 0.932. The molecule has 164 valence electrons. The zero-order chi connectivity index (χ0) is 22.7. The number of benzene rings is 1. The number of methoxy groups -OCH3 is 2. The molecule has 11 nitrogen and oxygen atoms in total. The highest BCUT2D eigenvalue weighted by Gasteiger charge is 2.48. The first-order valence-corrected chi connectivity index (χ1v) is 9.57. The predicted molar refractivity (Wildman–Crippen MR) is 104 cm³/mol. The number of urea groups is 1. The van der Waals surface area contributed by atoms with Gasteiger partial charge in [-0.3, -0.25) is 19.3 Å². The molecular weight excluding hydrogens is 410 g/mol. The van der Waals surface area contributed by atoms with E-state index in [-0.39, 0.29) is 22.9 Å². The summed E-state index contributed by atoms with van der Waals surface area (Å²) < 4.78 is 9.26. The Labute approximate surface area is 177 Å². The largest absolute Gasteiger partial charge is 0.465 e. The van der Waals surface area contributed by atoms with E-state index in [4.69, 9.17) is 0 Å². The number of anilines is 1. The second-order valence-electron chi connectivity index (χ2n) is 7.12. The van der Waals surface area contributed by atoms with Crippen molar-refractivity contribution in [3.63, 3.8) is 0 Å². The molecule has 0 bridgehead atoms. The van der Waals surface area contributed by atoms with Crippen molar-refractivity contribution in [3.05, 3.63) is 29.3 Å². The van der Waals surface area contributed by atoms with Crippen LogP contribution in [0.3, 0.4) is 0 Å². The average Bonchev–Trinajstić information content (AvgIpc) is 3.35. The Balaban J connectivity index is 1.76. The van der Waals surface area contributed by atoms with Crippen molar-refractivity contribution in [3.8, 4) is 0 Å². The Morgan fingerprint density at radius 1 is 0.935 bits per heavy atom. The number of carbonyl (C=O) groups is 6. The van der Waals surface area contributed by atoms with E-state index in [2.05, 4.69) is 14.8 Å². The van der Waals surface area contributed by atoms with Crippen LogP contribution >= 0.6 is 0 Å². The zero-order valence-corrected chi connectivity index (χ0v) is 17.0. The molecule has 1 aliphatic carbocycles. The summed E-state index contributed by atoms with van der Waals surface area (Å²) in [5.74, 6) is -4.29. The lowest BCUT2D eigenvalue weighted by atomic mass is 10.1. The number of ether oxygens (including phenoxy) is 2. The van der Waals surface area contributed by atoms with Gasteiger partial charge in [0.15, 0.2) is 0 Å². The van der Waals surface area contributed by atoms with E-state index in [1.165, 1.54) is 18.2 Å². The summed E-state index contributed by atoms with van der Waals surface area (Å²) in [6, 6.07) is 2.60. The molecule has 1 saturated carbocycles. The third-order valence-corrected chi connectivity index (χ3v) is 5.13. The van der Waals surface area contributed by atoms with E-state index in [1.54, 1.807) is 0 Å². The normalized spacial score (nSPS) is 16.6. The number of rotatable bonds is 6. The van der Waals surface area contributed by atoms with Gasteiger partial charge in [-0.05, 0) is 31.0 Å². The highest BCUT2D eigenvalue weighted by Crippen LogP contribution is 2.27. The first-order chi connectivity index (χ1) is 14.8. The van der Waals surface area contributed by atoms with Gasteiger partial charge in [-0.25, -0.2) is 19.3 Å². The lowest BCUT2D eigenvalue weighted by Crippen LogP contribution is -2.41. The summed E-state index contributed by atoms with van der Waals surface area (Å²) in [6.07, 6.45) is 2.97. The molecule has 0 spiro atoms. The van der Waals surface area contributed by atoms with E-state index in [9.17, 15) is 28.8 Å². The zero-order valence-electron chi connectivity index (χ0n) is 17.0. The Kier molecular flexibility index (Phi) is 6.33. The van der Waals surface area contributed by atoms with Gasteiger partial charge < -0.3 is 14.8 Å². The summed E-state index contributed by atoms with van der Waals surface area (Å²) in [5.41, 5.74) is 0.0135. The van der Waals surface area contributed by atoms with Crippen LogP contribution in [-0.2, 0) is 23.9 Å². The quantitative estimate of drug-likeness (QED) is 0.399. The maximum absolute atomic E-state index is 12.6. The van der Waals surface area contributed by atoms with Crippen molar-refractivity contribution in [2.75, 3.05) is 26.1 Å². The van der Waals surface area contributed by atoms with Crippen molar-refractivity contribution in [1.29, 1.82) is 0 Å². The number of nitrogens with one attached hydrogen (secondary N) is 1. The molecule has 1 N–H and O–H groups in total. The molecule has 3 rings (SSSR count). The van der Waals surface area contributed by atoms with Crippen molar-refractivity contribution in [2.45, 2.75) is 31.7 Å². The summed E-state index contributed by atoms with van der Waals surface area (Å²) in [6.45, 7) is -0.692. The van der Waals surface area contributed by atoms with Gasteiger partial charge in [-0.15, -0.1) is 0 Å². The van der Waals surface area contributed by atoms with Gasteiger partial charge in [0.25, 0.3) is 0 Å². The molecule has 11 heteroatoms. The van der Waals surface area contributed by atoms with Crippen molar-refractivity contribution in [1.82, 2.24) is 9.80 Å². The molecule has 1 heterocycles. The van der Waals surface area contributed by atoms with Crippen LogP contribution in [0.25, 0.3) is 0 Å². The van der Waals surface area contributed by atoms with Gasteiger partial charge in [0.05, 0.1) is 25.3 Å². The first-order valence-electron chi connectivity index (χ1n) is 9.57. The van der Waals surface area contributed by atoms with Gasteiger partial charge in [0.2, 0.25) is 5.91 Å². The fourth-order valence-electron chi connectivity index (χ4n) is 3.66. The number of esters is 2. The summed E-state index contributed by atoms with van der Waals surface area (Å²) in [4.78, 5) is 74.7. The molecule has 5 amide bonds. The van der Waals surface area contributed by atoms with Crippen molar-refractivity contribution < 1.29 is 38.2 Å². The molecule has 1 aromatic rings. The standard InChI is InChI=1S/C20H21N3O8/c1-30-18(27)11-7-12(19(28)31-2)9-13(8-11)21-15(24)10-22-16(25)17(26)23(20(22)29)14-5-3-4-6-14/h7-9,14H,3-6,10H2,1-2H3,(H,21,24). The minimum atomic E-state index is -1.06. The molecule has 0 unspecified atom stereocenters. The van der Waals surface area contributed by atoms with Crippen LogP contribution in [0.4, 0.5) is 10.5 Å². The van der Waals surface area contributed by atoms with Gasteiger partial charge in [-0.1, -0.05) is 12.8 Å². The Hall–Kier alpha value is -3.76. The number of amides is 5. The lowest BCUT2D eigenvalue weighted by molar-refractivity contribution is -0.144. The van der Waals surface area contributed by atoms with Crippen LogP contribution in [-0.4, -0.2) is 72.3 Å². The van der Waals surface area contributed by atoms with Crippen LogP contribution in [0.1, 0.15) is 46.4 Å². The number of hydrogen-bond donors (Lipinski definition) is 1. The van der Waals surface area contributed by atoms with Crippen LogP contribution in [0.2, 0.25) is 0 Å². The Morgan fingerprint density at radius 3 is 2.00 bits per heavy atom. The molecule has 1 aromatic carbocycles. The third-order valence-electron chi connectivity index (χ3n) is 5.13. The average molecular weight is 431 g/mol. The number of carbonyl (C=O) groups excluding carboxylic acids is 6. The van der Waals surface area contributed by atoms with Gasteiger partial charge in [0, 0.05) is 11.7 Å². The third kappa shape index (κ3) is 4.39. The molecule has 1 saturated heterocycles. The Bertz CT molecular complexity index is 933. The second-order valence-corrected chi connectivity index (χ2v) is 7.12. The smallest absolute Gasteiger partial charge is 0.337 e. The van der Waals surface area contributed by atoms with E-state index in [1.807, 2.05) is 0 Å². The minimum absolute atomic E-state index is 0.0170. The van der Waals surface area contributed by atoms with Gasteiger partial charge in [-0.2, -0.15) is 0 Å². The fraction of sp³-hybridized carbons (Fsp3) is 0.400. The fourth-order valence-corrected chi connectivity index (χ4v) is 3.66. The topological polar surface area (TPSA) is 139 Å². The number of hydrogen-bond acceptors (Lipinski definition) is 8. The van der Waals surface area contributed by atoms with E-state index < -0.39 is 42.2 Å². The first kappa shape index (κ1) is 21.9. The van der Waals surface area contributed by atoms with Crippen LogP contribution in [0.5, 0.6) is 0 Å². The Morgan fingerprint density at radius 2 is 1.48 bits per heavy atom. The molecular formula is C20H21N3O8. The van der Waals surface area contributed by atoms with Gasteiger partial charge in [0.1, 0.15) is 6.54 Å². The second kappa shape index (κ2) is 8.94.